The summed E-state index contributed by atoms with van der Waals surface area (Å²) in [4.78, 5) is 28.7. The number of pyridine rings is 1. The summed E-state index contributed by atoms with van der Waals surface area (Å²) in [5.74, 6) is -1.71. The van der Waals surface area contributed by atoms with Gasteiger partial charge in [-0.3, -0.25) is 14.6 Å². The van der Waals surface area contributed by atoms with Crippen LogP contribution in [0.4, 0.5) is 0 Å². The minimum Gasteiger partial charge on any atom is -0.494 e. The number of hydrogen-bond donors (Lipinski definition) is 4. The van der Waals surface area contributed by atoms with Gasteiger partial charge in [0.1, 0.15) is 11.8 Å². The van der Waals surface area contributed by atoms with Crippen LogP contribution in [0.5, 0.6) is 0 Å². The first-order valence-corrected chi connectivity index (χ1v) is 8.87. The van der Waals surface area contributed by atoms with Gasteiger partial charge >= 0.3 is 7.12 Å². The van der Waals surface area contributed by atoms with Crippen LogP contribution in [0.25, 0.3) is 0 Å². The van der Waals surface area contributed by atoms with Gasteiger partial charge < -0.3 is 30.2 Å². The van der Waals surface area contributed by atoms with E-state index in [0.29, 0.717) is 5.76 Å². The normalized spacial score (nSPS) is 13.0. The molecule has 1 aromatic heterocycles. The first-order chi connectivity index (χ1) is 13.9. The molecule has 0 aromatic carbocycles. The van der Waals surface area contributed by atoms with E-state index in [2.05, 4.69) is 28.8 Å². The molecular formula is C19H26BN3O6. The number of carbonyl (C=O) groups excluding carboxylic acids is 2. The van der Waals surface area contributed by atoms with E-state index in [1.54, 1.807) is 18.2 Å². The second kappa shape index (κ2) is 13.3. The Kier molecular flexibility index (Phi) is 11.0. The second-order valence-electron chi connectivity index (χ2n) is 5.90. The number of carbonyl (C=O) groups is 2. The Bertz CT molecular complexity index is 711. The molecule has 0 aliphatic heterocycles. The number of rotatable bonds is 13. The third kappa shape index (κ3) is 8.73. The van der Waals surface area contributed by atoms with Gasteiger partial charge in [-0.25, -0.2) is 0 Å². The van der Waals surface area contributed by atoms with Crippen molar-refractivity contribution in [2.24, 2.45) is 0 Å². The summed E-state index contributed by atoms with van der Waals surface area (Å²) < 4.78 is 10.4. The van der Waals surface area contributed by atoms with E-state index < -0.39 is 30.9 Å². The lowest BCUT2D eigenvalue weighted by Gasteiger charge is -2.23. The molecule has 0 saturated carbocycles. The Morgan fingerprint density at radius 1 is 1.34 bits per heavy atom. The van der Waals surface area contributed by atoms with Crippen LogP contribution in [-0.2, 0) is 14.3 Å². The fourth-order valence-electron chi connectivity index (χ4n) is 2.26. The van der Waals surface area contributed by atoms with Crippen LogP contribution in [-0.4, -0.2) is 66.3 Å². The smallest absolute Gasteiger partial charge is 0.475 e. The van der Waals surface area contributed by atoms with Crippen molar-refractivity contribution in [1.29, 1.82) is 0 Å². The summed E-state index contributed by atoms with van der Waals surface area (Å²) in [7, 11) is -0.443. The summed E-state index contributed by atoms with van der Waals surface area (Å²) >= 11 is 0. The molecule has 29 heavy (non-hydrogen) atoms. The molecule has 1 heterocycles. The maximum atomic E-state index is 12.5. The van der Waals surface area contributed by atoms with Crippen LogP contribution < -0.4 is 10.6 Å². The van der Waals surface area contributed by atoms with Crippen molar-refractivity contribution < 1.29 is 29.1 Å². The highest BCUT2D eigenvalue weighted by Crippen LogP contribution is 2.04. The summed E-state index contributed by atoms with van der Waals surface area (Å²) in [6, 6.07) is 2.10. The number of methoxy groups -OCH3 is 1. The first kappa shape index (κ1) is 24.1. The van der Waals surface area contributed by atoms with Gasteiger partial charge in [0.15, 0.2) is 0 Å². The maximum Gasteiger partial charge on any atom is 0.475 e. The van der Waals surface area contributed by atoms with E-state index in [1.807, 2.05) is 0 Å². The fourth-order valence-corrected chi connectivity index (χ4v) is 2.26. The Hall–Kier alpha value is -2.95. The second-order valence-corrected chi connectivity index (χ2v) is 5.90. The van der Waals surface area contributed by atoms with Crippen molar-refractivity contribution in [2.45, 2.75) is 18.4 Å². The largest absolute Gasteiger partial charge is 0.494 e. The van der Waals surface area contributed by atoms with Crippen LogP contribution in [0.3, 0.4) is 0 Å². The average molecular weight is 403 g/mol. The lowest BCUT2D eigenvalue weighted by Crippen LogP contribution is -2.55. The van der Waals surface area contributed by atoms with Crippen molar-refractivity contribution in [2.75, 3.05) is 20.3 Å². The standard InChI is InChI=1S/C19H26BN3O6/c1-4-7-15(5-2)29-11-9-17(20(26)27)23-19(25)16(13-28-3)22-18(24)14-8-6-10-21-12-14/h4-8,10,12,16-17,26-27H,1-2,9,11,13H2,3H3,(H,22,24)(H,23,25)/b15-7+. The number of aromatic nitrogens is 1. The minimum absolute atomic E-state index is 0.0885. The van der Waals surface area contributed by atoms with Gasteiger partial charge in [-0.1, -0.05) is 19.2 Å². The van der Waals surface area contributed by atoms with Crippen LogP contribution in [0.15, 0.2) is 61.7 Å². The molecule has 0 fully saturated rings. The topological polar surface area (TPSA) is 130 Å². The van der Waals surface area contributed by atoms with Crippen molar-refractivity contribution in [3.05, 3.63) is 67.2 Å². The van der Waals surface area contributed by atoms with Gasteiger partial charge in [0.25, 0.3) is 5.91 Å². The van der Waals surface area contributed by atoms with Gasteiger partial charge in [0.05, 0.1) is 24.7 Å². The van der Waals surface area contributed by atoms with Crippen molar-refractivity contribution in [3.8, 4) is 0 Å². The van der Waals surface area contributed by atoms with E-state index in [0.717, 1.165) is 0 Å². The summed E-state index contributed by atoms with van der Waals surface area (Å²) in [6.07, 6.45) is 7.58. The predicted octanol–water partition coefficient (Wildman–Crippen LogP) is -0.0142. The molecule has 2 amide bonds. The molecule has 0 radical (unpaired) electrons. The Labute approximate surface area is 170 Å². The maximum absolute atomic E-state index is 12.5. The highest BCUT2D eigenvalue weighted by molar-refractivity contribution is 6.43. The minimum atomic E-state index is -1.82. The van der Waals surface area contributed by atoms with Crippen molar-refractivity contribution >= 4 is 18.9 Å². The highest BCUT2D eigenvalue weighted by atomic mass is 16.5. The number of nitrogens with zero attached hydrogens (tertiary/aromatic N) is 1. The molecule has 156 valence electrons. The first-order valence-electron chi connectivity index (χ1n) is 8.87. The zero-order valence-corrected chi connectivity index (χ0v) is 16.3. The molecular weight excluding hydrogens is 377 g/mol. The zero-order chi connectivity index (χ0) is 21.6. The van der Waals surface area contributed by atoms with Crippen LogP contribution >= 0.6 is 0 Å². The molecule has 9 nitrogen and oxygen atoms in total. The molecule has 0 saturated heterocycles. The van der Waals surface area contributed by atoms with Gasteiger partial charge in [0.2, 0.25) is 5.91 Å². The van der Waals surface area contributed by atoms with E-state index in [9.17, 15) is 19.6 Å². The molecule has 0 spiro atoms. The van der Waals surface area contributed by atoms with E-state index >= 15 is 0 Å². The van der Waals surface area contributed by atoms with Crippen molar-refractivity contribution in [1.82, 2.24) is 15.6 Å². The predicted molar refractivity (Wildman–Crippen MR) is 109 cm³/mol. The Morgan fingerprint density at radius 3 is 2.66 bits per heavy atom. The number of nitrogens with one attached hydrogen (secondary N) is 2. The number of hydrogen-bond acceptors (Lipinski definition) is 7. The molecule has 1 rings (SSSR count). The number of allylic oxidation sites excluding steroid dienone is 3. The van der Waals surface area contributed by atoms with Crippen LogP contribution in [0.1, 0.15) is 16.8 Å². The SMILES string of the molecule is C=C/C=C(\C=C)OCCC(NC(=O)C(COC)NC(=O)c1cccnc1)B(O)O. The summed E-state index contributed by atoms with van der Waals surface area (Å²) in [6.45, 7) is 7.12. The van der Waals surface area contributed by atoms with Crippen molar-refractivity contribution in [3.63, 3.8) is 0 Å². The lowest BCUT2D eigenvalue weighted by atomic mass is 9.77. The van der Waals surface area contributed by atoms with Gasteiger partial charge in [0, 0.05) is 25.9 Å². The quantitative estimate of drug-likeness (QED) is 0.207. The van der Waals surface area contributed by atoms with Crippen LogP contribution in [0.2, 0.25) is 0 Å². The molecule has 10 heteroatoms. The van der Waals surface area contributed by atoms with Gasteiger partial charge in [-0.15, -0.1) is 0 Å². The zero-order valence-electron chi connectivity index (χ0n) is 16.3. The fraction of sp³-hybridized carbons (Fsp3) is 0.316. The van der Waals surface area contributed by atoms with E-state index in [1.165, 1.54) is 31.7 Å². The molecule has 4 N–H and O–H groups in total. The summed E-state index contributed by atoms with van der Waals surface area (Å²) in [5.41, 5.74) is 0.277. The molecule has 0 aliphatic rings. The molecule has 0 aliphatic carbocycles. The lowest BCUT2D eigenvalue weighted by molar-refractivity contribution is -0.124. The average Bonchev–Trinajstić information content (AvgIpc) is 2.72. The number of ether oxygens (including phenoxy) is 2. The Morgan fingerprint density at radius 2 is 2.10 bits per heavy atom. The molecule has 0 bridgehead atoms. The monoisotopic (exact) mass is 403 g/mol. The van der Waals surface area contributed by atoms with Gasteiger partial charge in [-0.2, -0.15) is 0 Å². The van der Waals surface area contributed by atoms with Crippen LogP contribution in [0, 0.1) is 0 Å². The van der Waals surface area contributed by atoms with E-state index in [-0.39, 0.29) is 25.2 Å². The van der Waals surface area contributed by atoms with Gasteiger partial charge in [-0.05, 0) is 24.3 Å². The third-order valence-corrected chi connectivity index (χ3v) is 3.75. The summed E-state index contributed by atoms with van der Waals surface area (Å²) in [5, 5.41) is 24.2. The molecule has 1 aromatic rings. The Balaban J connectivity index is 2.71. The molecule has 2 unspecified atom stereocenters. The third-order valence-electron chi connectivity index (χ3n) is 3.75. The highest BCUT2D eigenvalue weighted by Gasteiger charge is 2.29. The number of amides is 2. The van der Waals surface area contributed by atoms with E-state index in [4.69, 9.17) is 9.47 Å². The molecule has 2 atom stereocenters.